The van der Waals surface area contributed by atoms with E-state index >= 15 is 0 Å². The van der Waals surface area contributed by atoms with Crippen LogP contribution >= 0.6 is 0 Å². The Hall–Kier alpha value is -9.12. The molecule has 0 aliphatic heterocycles. The summed E-state index contributed by atoms with van der Waals surface area (Å²) in [5, 5.41) is 16.9. The maximum Gasteiger partial charge on any atom is 0.136 e. The summed E-state index contributed by atoms with van der Waals surface area (Å²) >= 11 is 0. The number of para-hydroxylation sites is 3. The molecule has 0 unspecified atom stereocenters. The third-order valence-corrected chi connectivity index (χ3v) is 14.4. The smallest absolute Gasteiger partial charge is 0.136 e. The zero-order chi connectivity index (χ0) is 44.5. The highest BCUT2D eigenvalue weighted by Crippen LogP contribution is 2.44. The van der Waals surface area contributed by atoms with Crippen molar-refractivity contribution in [2.45, 2.75) is 0 Å². The molecule has 15 aromatic rings. The summed E-state index contributed by atoms with van der Waals surface area (Å²) in [6, 6.07) is 86.6. The lowest BCUT2D eigenvalue weighted by Gasteiger charge is -2.26. The van der Waals surface area contributed by atoms with Gasteiger partial charge in [-0.3, -0.25) is 0 Å². The largest absolute Gasteiger partial charge is 0.456 e. The molecule has 0 saturated heterocycles. The molecule has 0 fully saturated rings. The lowest BCUT2D eigenvalue weighted by Crippen LogP contribution is -2.10. The van der Waals surface area contributed by atoms with Crippen LogP contribution in [0.3, 0.4) is 0 Å². The Balaban J connectivity index is 0.979. The minimum absolute atomic E-state index is 0.882. The van der Waals surface area contributed by atoms with Gasteiger partial charge in [-0.25, -0.2) is 0 Å². The summed E-state index contributed by atoms with van der Waals surface area (Å²) in [7, 11) is 0. The monoisotopic (exact) mass is 865 g/mol. The first kappa shape index (κ1) is 37.1. The van der Waals surface area contributed by atoms with Crippen LogP contribution in [0.5, 0.6) is 0 Å². The summed E-state index contributed by atoms with van der Waals surface area (Å²) < 4.78 is 11.3. The first-order valence-electron chi connectivity index (χ1n) is 23.3. The molecule has 0 amide bonds. The summed E-state index contributed by atoms with van der Waals surface area (Å²) in [6.45, 7) is 0. The lowest BCUT2D eigenvalue weighted by atomic mass is 9.96. The molecule has 12 aromatic carbocycles. The van der Waals surface area contributed by atoms with Crippen LogP contribution in [0.4, 0.5) is 17.1 Å². The third-order valence-electron chi connectivity index (χ3n) is 14.4. The SMILES string of the molecule is c1ccc(-n2c3ccccc3c3ccc(N(c4ccc5c(ccc6c7ccccc7ccc56)c4)c4ccc5c6ccccc6n(-c6ccc7oc8cc9ccccc9cc8c7c6)c5c4)cc32)cc1. The van der Waals surface area contributed by atoms with Crippen LogP contribution in [0, 0.1) is 0 Å². The highest BCUT2D eigenvalue weighted by molar-refractivity contribution is 6.18. The van der Waals surface area contributed by atoms with Gasteiger partial charge in [0.15, 0.2) is 0 Å². The average Bonchev–Trinajstić information content (AvgIpc) is 4.04. The van der Waals surface area contributed by atoms with Crippen LogP contribution in [0.2, 0.25) is 0 Å². The Bertz CT molecular complexity index is 4570. The van der Waals surface area contributed by atoms with E-state index in [-0.39, 0.29) is 0 Å². The van der Waals surface area contributed by atoms with E-state index in [0.29, 0.717) is 0 Å². The number of hydrogen-bond donors (Lipinski definition) is 0. The predicted octanol–water partition coefficient (Wildman–Crippen LogP) is 17.9. The van der Waals surface area contributed by atoms with Crippen molar-refractivity contribution in [2.75, 3.05) is 4.90 Å². The van der Waals surface area contributed by atoms with Crippen molar-refractivity contribution in [1.29, 1.82) is 0 Å². The first-order chi connectivity index (χ1) is 33.7. The number of aromatic nitrogens is 2. The van der Waals surface area contributed by atoms with Crippen molar-refractivity contribution >= 4 is 126 Å². The fourth-order valence-electron chi connectivity index (χ4n) is 11.3. The fourth-order valence-corrected chi connectivity index (χ4v) is 11.3. The molecule has 0 radical (unpaired) electrons. The Morgan fingerprint density at radius 2 is 0.735 bits per heavy atom. The Labute approximate surface area is 390 Å². The number of nitrogens with zero attached hydrogens (tertiary/aromatic N) is 3. The molecule has 0 saturated carbocycles. The van der Waals surface area contributed by atoms with Crippen molar-refractivity contribution in [3.63, 3.8) is 0 Å². The molecule has 0 aliphatic carbocycles. The number of fused-ring (bicyclic) bond motifs is 15. The molecule has 0 aliphatic rings. The molecule has 316 valence electrons. The topological polar surface area (TPSA) is 26.2 Å². The second-order valence-corrected chi connectivity index (χ2v) is 18.1. The minimum Gasteiger partial charge on any atom is -0.456 e. The zero-order valence-electron chi connectivity index (χ0n) is 36.8. The molecular formula is C64H39N3O. The lowest BCUT2D eigenvalue weighted by molar-refractivity contribution is 0.669. The van der Waals surface area contributed by atoms with Gasteiger partial charge in [-0.1, -0.05) is 146 Å². The molecule has 3 aromatic heterocycles. The van der Waals surface area contributed by atoms with Gasteiger partial charge in [-0.2, -0.15) is 0 Å². The Morgan fingerprint density at radius 1 is 0.250 bits per heavy atom. The molecule has 0 N–H and O–H groups in total. The quantitative estimate of drug-likeness (QED) is 0.161. The number of anilines is 3. The number of hydrogen-bond acceptors (Lipinski definition) is 2. The molecular weight excluding hydrogens is 827 g/mol. The van der Waals surface area contributed by atoms with E-state index in [4.69, 9.17) is 4.42 Å². The van der Waals surface area contributed by atoms with E-state index in [1.54, 1.807) is 0 Å². The van der Waals surface area contributed by atoms with Crippen LogP contribution in [-0.4, -0.2) is 9.13 Å². The van der Waals surface area contributed by atoms with E-state index in [1.807, 2.05) is 0 Å². The van der Waals surface area contributed by atoms with Crippen molar-refractivity contribution < 1.29 is 4.42 Å². The maximum atomic E-state index is 6.50. The second-order valence-electron chi connectivity index (χ2n) is 18.1. The number of benzene rings is 12. The van der Waals surface area contributed by atoms with E-state index in [2.05, 4.69) is 251 Å². The second kappa shape index (κ2) is 14.2. The van der Waals surface area contributed by atoms with Gasteiger partial charge in [-0.05, 0) is 134 Å². The van der Waals surface area contributed by atoms with Gasteiger partial charge in [0.1, 0.15) is 11.2 Å². The van der Waals surface area contributed by atoms with Gasteiger partial charge < -0.3 is 18.5 Å². The van der Waals surface area contributed by atoms with E-state index in [0.717, 1.165) is 66.9 Å². The molecule has 68 heavy (non-hydrogen) atoms. The summed E-state index contributed by atoms with van der Waals surface area (Å²) in [5.41, 5.74) is 11.8. The van der Waals surface area contributed by atoms with Crippen molar-refractivity contribution in [2.24, 2.45) is 0 Å². The molecule has 0 atom stereocenters. The van der Waals surface area contributed by atoms with Crippen molar-refractivity contribution in [3.05, 3.63) is 237 Å². The molecule has 4 nitrogen and oxygen atoms in total. The van der Waals surface area contributed by atoms with Crippen LogP contribution in [0.1, 0.15) is 0 Å². The number of rotatable bonds is 5. The predicted molar refractivity (Wildman–Crippen MR) is 287 cm³/mol. The van der Waals surface area contributed by atoms with Gasteiger partial charge >= 0.3 is 0 Å². The summed E-state index contributed by atoms with van der Waals surface area (Å²) in [5.74, 6) is 0. The minimum atomic E-state index is 0.882. The van der Waals surface area contributed by atoms with Crippen LogP contribution < -0.4 is 4.90 Å². The molecule has 4 heteroatoms. The highest BCUT2D eigenvalue weighted by atomic mass is 16.3. The van der Waals surface area contributed by atoms with Crippen LogP contribution in [0.15, 0.2) is 241 Å². The fraction of sp³-hybridized carbons (Fsp3) is 0. The van der Waals surface area contributed by atoms with Crippen molar-refractivity contribution in [3.8, 4) is 11.4 Å². The van der Waals surface area contributed by atoms with Gasteiger partial charge in [0.25, 0.3) is 0 Å². The molecule has 0 spiro atoms. The standard InChI is InChI=1S/C64H39N3O/c1-2-15-44(16-3-1)66-59-20-10-8-18-53(59)55-31-25-47(38-61(55)66)65(45-24-30-50-43(34-45)23-29-51-49-17-7-6-12-40(49)22-28-52(50)51)48-26-32-56-54-19-9-11-21-60(54)67(62(56)39-48)46-27-33-63-58(37-46)57-35-41-13-4-5-14-42(41)36-64(57)68-63/h1-39H. The maximum absolute atomic E-state index is 6.50. The summed E-state index contributed by atoms with van der Waals surface area (Å²) in [6.07, 6.45) is 0. The zero-order valence-corrected chi connectivity index (χ0v) is 36.8. The Kier molecular flexibility index (Phi) is 7.75. The van der Waals surface area contributed by atoms with Crippen molar-refractivity contribution in [1.82, 2.24) is 9.13 Å². The molecule has 0 bridgehead atoms. The first-order valence-corrected chi connectivity index (χ1v) is 23.3. The highest BCUT2D eigenvalue weighted by Gasteiger charge is 2.21. The van der Waals surface area contributed by atoms with E-state index in [9.17, 15) is 0 Å². The average molecular weight is 866 g/mol. The summed E-state index contributed by atoms with van der Waals surface area (Å²) in [4.78, 5) is 2.44. The van der Waals surface area contributed by atoms with Crippen LogP contribution in [0.25, 0.3) is 120 Å². The van der Waals surface area contributed by atoms with Gasteiger partial charge in [-0.15, -0.1) is 0 Å². The Morgan fingerprint density at radius 3 is 1.43 bits per heavy atom. The van der Waals surface area contributed by atoms with Gasteiger partial charge in [0, 0.05) is 60.8 Å². The van der Waals surface area contributed by atoms with E-state index < -0.39 is 0 Å². The third kappa shape index (κ3) is 5.43. The molecule has 15 rings (SSSR count). The van der Waals surface area contributed by atoms with Gasteiger partial charge in [0.2, 0.25) is 0 Å². The van der Waals surface area contributed by atoms with E-state index in [1.165, 1.54) is 70.2 Å². The number of furan rings is 1. The molecule has 3 heterocycles. The normalized spacial score (nSPS) is 12.1. The van der Waals surface area contributed by atoms with Crippen LogP contribution in [-0.2, 0) is 0 Å². The van der Waals surface area contributed by atoms with Gasteiger partial charge in [0.05, 0.1) is 22.1 Å².